The molecule has 1 aliphatic heterocycles. The fraction of sp³-hybridized carbons (Fsp3) is 0.350. The van der Waals surface area contributed by atoms with Crippen molar-refractivity contribution in [1.82, 2.24) is 19.9 Å². The van der Waals surface area contributed by atoms with Crippen LogP contribution in [-0.4, -0.2) is 45.5 Å². The fourth-order valence-corrected chi connectivity index (χ4v) is 4.11. The van der Waals surface area contributed by atoms with Gasteiger partial charge in [-0.2, -0.15) is 0 Å². The lowest BCUT2D eigenvalue weighted by molar-refractivity contribution is -0.128. The first-order valence-corrected chi connectivity index (χ1v) is 10.1. The molecule has 0 spiro atoms. The normalized spacial score (nSPS) is 14.3. The van der Waals surface area contributed by atoms with Gasteiger partial charge in [0.15, 0.2) is 5.16 Å². The van der Waals surface area contributed by atoms with E-state index in [1.807, 2.05) is 42.2 Å². The van der Waals surface area contributed by atoms with Crippen LogP contribution in [0.25, 0.3) is 11.0 Å². The Morgan fingerprint density at radius 1 is 1.30 bits per heavy atom. The first kappa shape index (κ1) is 17.9. The van der Waals surface area contributed by atoms with E-state index in [1.165, 1.54) is 0 Å². The summed E-state index contributed by atoms with van der Waals surface area (Å²) in [6.45, 7) is 4.02. The Labute approximate surface area is 162 Å². The maximum atomic E-state index is 11.7. The van der Waals surface area contributed by atoms with Crippen molar-refractivity contribution < 1.29 is 9.53 Å². The zero-order valence-corrected chi connectivity index (χ0v) is 16.1. The molecule has 4 rings (SSSR count). The van der Waals surface area contributed by atoms with E-state index < -0.39 is 0 Å². The van der Waals surface area contributed by atoms with Crippen LogP contribution in [0.5, 0.6) is 5.75 Å². The molecular formula is C20H22N4O2S. The van der Waals surface area contributed by atoms with E-state index in [0.29, 0.717) is 25.3 Å². The minimum atomic E-state index is 0.230. The highest BCUT2D eigenvalue weighted by Gasteiger charge is 2.19. The van der Waals surface area contributed by atoms with Gasteiger partial charge in [-0.25, -0.2) is 4.98 Å². The molecule has 0 aliphatic carbocycles. The SMILES string of the molecule is Cc1c(OCCN2CCCC2=O)ccnc1CSc1nc2ccccc2[nH]1. The lowest BCUT2D eigenvalue weighted by atomic mass is 10.2. The summed E-state index contributed by atoms with van der Waals surface area (Å²) in [4.78, 5) is 26.0. The molecule has 1 aliphatic rings. The summed E-state index contributed by atoms with van der Waals surface area (Å²) in [6.07, 6.45) is 3.39. The molecule has 0 bridgehead atoms. The molecule has 1 fully saturated rings. The molecule has 2 aromatic heterocycles. The summed E-state index contributed by atoms with van der Waals surface area (Å²) in [7, 11) is 0. The van der Waals surface area contributed by atoms with Gasteiger partial charge in [0.25, 0.3) is 0 Å². The number of pyridine rings is 1. The number of carbonyl (C=O) groups is 1. The third kappa shape index (κ3) is 4.08. The van der Waals surface area contributed by atoms with Gasteiger partial charge in [-0.1, -0.05) is 23.9 Å². The molecule has 3 aromatic rings. The number of rotatable bonds is 7. The standard InChI is InChI=1S/C20H22N4O2S/c1-14-17(13-27-20-22-15-5-2-3-6-16(15)23-20)21-9-8-18(14)26-12-11-24-10-4-7-19(24)25/h2-3,5-6,8-9H,4,7,10-13H2,1H3,(H,22,23). The summed E-state index contributed by atoms with van der Waals surface area (Å²) in [6, 6.07) is 9.89. The van der Waals surface area contributed by atoms with Gasteiger partial charge in [0.05, 0.1) is 23.3 Å². The number of ether oxygens (including phenoxy) is 1. The van der Waals surface area contributed by atoms with Gasteiger partial charge in [0.1, 0.15) is 12.4 Å². The highest BCUT2D eigenvalue weighted by Crippen LogP contribution is 2.27. The lowest BCUT2D eigenvalue weighted by Gasteiger charge is -2.17. The second-order valence-corrected chi connectivity index (χ2v) is 7.53. The van der Waals surface area contributed by atoms with Crippen LogP contribution in [0.15, 0.2) is 41.7 Å². The van der Waals surface area contributed by atoms with E-state index in [-0.39, 0.29) is 5.91 Å². The zero-order chi connectivity index (χ0) is 18.6. The van der Waals surface area contributed by atoms with Crippen molar-refractivity contribution in [3.05, 3.63) is 47.8 Å². The summed E-state index contributed by atoms with van der Waals surface area (Å²) < 4.78 is 5.92. The van der Waals surface area contributed by atoms with E-state index in [2.05, 4.69) is 15.0 Å². The Balaban J connectivity index is 1.36. The van der Waals surface area contributed by atoms with Gasteiger partial charge in [-0.15, -0.1) is 0 Å². The van der Waals surface area contributed by atoms with Crippen molar-refractivity contribution in [2.45, 2.75) is 30.7 Å². The Hall–Kier alpha value is -2.54. The number of thioether (sulfide) groups is 1. The average molecular weight is 382 g/mol. The third-order valence-corrected chi connectivity index (χ3v) is 5.65. The topological polar surface area (TPSA) is 71.1 Å². The molecule has 3 heterocycles. The zero-order valence-electron chi connectivity index (χ0n) is 15.3. The Bertz CT molecular complexity index is 923. The number of nitrogens with zero attached hydrogens (tertiary/aromatic N) is 3. The smallest absolute Gasteiger partial charge is 0.222 e. The number of imidazole rings is 1. The van der Waals surface area contributed by atoms with Crippen molar-refractivity contribution in [2.75, 3.05) is 19.7 Å². The number of aromatic nitrogens is 3. The van der Waals surface area contributed by atoms with Crippen LogP contribution in [0, 0.1) is 6.92 Å². The molecule has 0 radical (unpaired) electrons. The Morgan fingerprint density at radius 3 is 3.00 bits per heavy atom. The Morgan fingerprint density at radius 2 is 2.19 bits per heavy atom. The maximum Gasteiger partial charge on any atom is 0.222 e. The molecule has 0 saturated carbocycles. The number of aromatic amines is 1. The molecule has 27 heavy (non-hydrogen) atoms. The number of benzene rings is 1. The van der Waals surface area contributed by atoms with Gasteiger partial charge >= 0.3 is 0 Å². The highest BCUT2D eigenvalue weighted by atomic mass is 32.2. The van der Waals surface area contributed by atoms with Crippen LogP contribution in [0.4, 0.5) is 0 Å². The molecule has 0 unspecified atom stereocenters. The van der Waals surface area contributed by atoms with E-state index >= 15 is 0 Å². The van der Waals surface area contributed by atoms with Gasteiger partial charge in [-0.3, -0.25) is 9.78 Å². The van der Waals surface area contributed by atoms with Crippen molar-refractivity contribution in [1.29, 1.82) is 0 Å². The third-order valence-electron chi connectivity index (χ3n) is 4.76. The lowest BCUT2D eigenvalue weighted by Crippen LogP contribution is -2.29. The maximum absolute atomic E-state index is 11.7. The molecule has 1 aromatic carbocycles. The second kappa shape index (κ2) is 8.00. The molecule has 6 nitrogen and oxygen atoms in total. The van der Waals surface area contributed by atoms with Gasteiger partial charge in [0.2, 0.25) is 5.91 Å². The molecular weight excluding hydrogens is 360 g/mol. The van der Waals surface area contributed by atoms with Crippen LogP contribution in [0.1, 0.15) is 24.1 Å². The summed E-state index contributed by atoms with van der Waals surface area (Å²) in [5.41, 5.74) is 4.03. The number of amides is 1. The first-order chi connectivity index (χ1) is 13.2. The first-order valence-electron chi connectivity index (χ1n) is 9.13. The highest BCUT2D eigenvalue weighted by molar-refractivity contribution is 7.98. The van der Waals surface area contributed by atoms with E-state index in [4.69, 9.17) is 4.74 Å². The van der Waals surface area contributed by atoms with E-state index in [1.54, 1.807) is 18.0 Å². The monoisotopic (exact) mass is 382 g/mol. The molecule has 7 heteroatoms. The largest absolute Gasteiger partial charge is 0.491 e. The van der Waals surface area contributed by atoms with Gasteiger partial charge < -0.3 is 14.6 Å². The van der Waals surface area contributed by atoms with E-state index in [0.717, 1.165) is 46.2 Å². The van der Waals surface area contributed by atoms with Crippen molar-refractivity contribution in [3.63, 3.8) is 0 Å². The van der Waals surface area contributed by atoms with Gasteiger partial charge in [-0.05, 0) is 31.5 Å². The van der Waals surface area contributed by atoms with Crippen LogP contribution in [0.3, 0.4) is 0 Å². The molecule has 1 saturated heterocycles. The number of para-hydroxylation sites is 2. The van der Waals surface area contributed by atoms with Crippen LogP contribution in [-0.2, 0) is 10.5 Å². The quantitative estimate of drug-likeness (QED) is 0.633. The predicted molar refractivity (Wildman–Crippen MR) is 106 cm³/mol. The number of hydrogen-bond donors (Lipinski definition) is 1. The average Bonchev–Trinajstić information content (AvgIpc) is 3.28. The summed E-state index contributed by atoms with van der Waals surface area (Å²) >= 11 is 1.63. The predicted octanol–water partition coefficient (Wildman–Crippen LogP) is 3.56. The fourth-order valence-electron chi connectivity index (χ4n) is 3.20. The molecule has 0 atom stereocenters. The molecule has 140 valence electrons. The molecule has 1 amide bonds. The van der Waals surface area contributed by atoms with Crippen molar-refractivity contribution >= 4 is 28.7 Å². The van der Waals surface area contributed by atoms with Crippen LogP contribution < -0.4 is 4.74 Å². The number of carbonyl (C=O) groups excluding carboxylic acids is 1. The van der Waals surface area contributed by atoms with Gasteiger partial charge in [0, 0.05) is 30.5 Å². The summed E-state index contributed by atoms with van der Waals surface area (Å²) in [5.74, 6) is 1.78. The van der Waals surface area contributed by atoms with Crippen molar-refractivity contribution in [3.8, 4) is 5.75 Å². The summed E-state index contributed by atoms with van der Waals surface area (Å²) in [5, 5.41) is 0.885. The number of nitrogens with one attached hydrogen (secondary N) is 1. The number of hydrogen-bond acceptors (Lipinski definition) is 5. The molecule has 1 N–H and O–H groups in total. The minimum Gasteiger partial charge on any atom is -0.491 e. The van der Waals surface area contributed by atoms with E-state index in [9.17, 15) is 4.79 Å². The number of likely N-dealkylation sites (tertiary alicyclic amines) is 1. The number of H-pyrrole nitrogens is 1. The minimum absolute atomic E-state index is 0.230. The number of fused-ring (bicyclic) bond motifs is 1. The van der Waals surface area contributed by atoms with Crippen molar-refractivity contribution in [2.24, 2.45) is 0 Å². The van der Waals surface area contributed by atoms with Crippen LogP contribution >= 0.6 is 11.8 Å². The van der Waals surface area contributed by atoms with Crippen LogP contribution in [0.2, 0.25) is 0 Å². The Kier molecular flexibility index (Phi) is 5.29. The second-order valence-electron chi connectivity index (χ2n) is 6.56.